The number of terminal acetylenes is 1. The number of aromatic nitrogens is 3. The van der Waals surface area contributed by atoms with Crippen molar-refractivity contribution < 1.29 is 0 Å². The fourth-order valence-corrected chi connectivity index (χ4v) is 1.57. The fraction of sp³-hybridized carbons (Fsp3) is 0.100. The average Bonchev–Trinajstić information content (AvgIpc) is 2.23. The Bertz CT molecular complexity index is 612. The van der Waals surface area contributed by atoms with Gasteiger partial charge in [0.1, 0.15) is 6.33 Å². The Hall–Kier alpha value is -1.67. The second kappa shape index (κ2) is 3.83. The molecule has 0 N–H and O–H groups in total. The number of halogens is 1. The van der Waals surface area contributed by atoms with Crippen molar-refractivity contribution in [3.8, 4) is 12.3 Å². The highest BCUT2D eigenvalue weighted by atomic mass is 79.9. The van der Waals surface area contributed by atoms with Gasteiger partial charge in [-0.3, -0.25) is 9.36 Å². The summed E-state index contributed by atoms with van der Waals surface area (Å²) in [5, 5.41) is 0.460. The highest BCUT2D eigenvalue weighted by molar-refractivity contribution is 9.10. The van der Waals surface area contributed by atoms with Crippen molar-refractivity contribution in [2.75, 3.05) is 0 Å². The Balaban J connectivity index is 2.78. The topological polar surface area (TPSA) is 47.8 Å². The zero-order chi connectivity index (χ0) is 10.8. The van der Waals surface area contributed by atoms with Gasteiger partial charge < -0.3 is 0 Å². The monoisotopic (exact) mass is 263 g/mol. The molecule has 0 aliphatic carbocycles. The van der Waals surface area contributed by atoms with Crippen LogP contribution in [0.3, 0.4) is 0 Å². The maximum absolute atomic E-state index is 11.8. The number of fused-ring (bicyclic) bond motifs is 1. The first-order valence-corrected chi connectivity index (χ1v) is 4.96. The lowest BCUT2D eigenvalue weighted by Gasteiger charge is -2.01. The number of hydrogen-bond acceptors (Lipinski definition) is 3. The van der Waals surface area contributed by atoms with Gasteiger partial charge in [-0.25, -0.2) is 9.97 Å². The van der Waals surface area contributed by atoms with E-state index in [0.29, 0.717) is 11.0 Å². The van der Waals surface area contributed by atoms with Gasteiger partial charge in [-0.1, -0.05) is 5.92 Å². The highest BCUT2D eigenvalue weighted by Crippen LogP contribution is 2.11. The van der Waals surface area contributed by atoms with E-state index < -0.39 is 0 Å². The standard InChI is InChI=1S/C10H6BrN3O/c1-2-3-14-6-13-9-8(10(14)15)4-7(11)5-12-9/h1,4-6H,3H2. The van der Waals surface area contributed by atoms with Gasteiger partial charge in [0.25, 0.3) is 5.56 Å². The van der Waals surface area contributed by atoms with Crippen LogP contribution in [0.25, 0.3) is 11.0 Å². The summed E-state index contributed by atoms with van der Waals surface area (Å²) in [6.45, 7) is 0.217. The summed E-state index contributed by atoms with van der Waals surface area (Å²) in [5.41, 5.74) is 0.253. The zero-order valence-electron chi connectivity index (χ0n) is 7.64. The van der Waals surface area contributed by atoms with E-state index >= 15 is 0 Å². The number of pyridine rings is 1. The Labute approximate surface area is 94.1 Å². The molecule has 15 heavy (non-hydrogen) atoms. The van der Waals surface area contributed by atoms with Crippen molar-refractivity contribution >= 4 is 27.0 Å². The van der Waals surface area contributed by atoms with Crippen LogP contribution in [0.1, 0.15) is 0 Å². The first-order valence-electron chi connectivity index (χ1n) is 4.16. The van der Waals surface area contributed by atoms with Crippen molar-refractivity contribution in [2.45, 2.75) is 6.54 Å². The van der Waals surface area contributed by atoms with Crippen LogP contribution < -0.4 is 5.56 Å². The van der Waals surface area contributed by atoms with Gasteiger partial charge >= 0.3 is 0 Å². The number of hydrogen-bond donors (Lipinski definition) is 0. The summed E-state index contributed by atoms with van der Waals surface area (Å²) in [5.74, 6) is 2.39. The molecule has 0 aliphatic rings. The van der Waals surface area contributed by atoms with Crippen molar-refractivity contribution in [1.82, 2.24) is 14.5 Å². The number of rotatable bonds is 1. The van der Waals surface area contributed by atoms with E-state index in [1.54, 1.807) is 12.3 Å². The SMILES string of the molecule is C#CCn1cnc2ncc(Br)cc2c1=O. The predicted molar refractivity (Wildman–Crippen MR) is 60.3 cm³/mol. The Kier molecular flexibility index (Phi) is 2.52. The molecule has 0 atom stereocenters. The molecule has 0 amide bonds. The molecule has 2 aromatic rings. The van der Waals surface area contributed by atoms with Crippen LogP contribution in [0.4, 0.5) is 0 Å². The van der Waals surface area contributed by atoms with Crippen molar-refractivity contribution in [3.05, 3.63) is 33.4 Å². The van der Waals surface area contributed by atoms with E-state index in [1.807, 2.05) is 0 Å². The molecule has 0 unspecified atom stereocenters. The van der Waals surface area contributed by atoms with Gasteiger partial charge in [-0.15, -0.1) is 6.42 Å². The van der Waals surface area contributed by atoms with Crippen molar-refractivity contribution in [1.29, 1.82) is 0 Å². The average molecular weight is 264 g/mol. The van der Waals surface area contributed by atoms with Gasteiger partial charge in [0.2, 0.25) is 0 Å². The van der Waals surface area contributed by atoms with Crippen LogP contribution in [-0.2, 0) is 6.54 Å². The number of nitrogens with zero attached hydrogens (tertiary/aromatic N) is 3. The summed E-state index contributed by atoms with van der Waals surface area (Å²) in [7, 11) is 0. The molecule has 74 valence electrons. The van der Waals surface area contributed by atoms with Crippen LogP contribution >= 0.6 is 15.9 Å². The summed E-state index contributed by atoms with van der Waals surface area (Å²) >= 11 is 3.25. The quantitative estimate of drug-likeness (QED) is 0.727. The molecule has 4 nitrogen and oxygen atoms in total. The molecule has 2 aromatic heterocycles. The minimum Gasteiger partial charge on any atom is -0.287 e. The Morgan fingerprint density at radius 2 is 2.33 bits per heavy atom. The van der Waals surface area contributed by atoms with Crippen LogP contribution in [-0.4, -0.2) is 14.5 Å². The lowest BCUT2D eigenvalue weighted by atomic mass is 10.3. The van der Waals surface area contributed by atoms with Crippen LogP contribution in [0, 0.1) is 12.3 Å². The van der Waals surface area contributed by atoms with Gasteiger partial charge in [-0.05, 0) is 22.0 Å². The van der Waals surface area contributed by atoms with E-state index in [2.05, 4.69) is 31.8 Å². The molecule has 0 saturated carbocycles. The van der Waals surface area contributed by atoms with Crippen LogP contribution in [0.15, 0.2) is 27.9 Å². The molecule has 5 heteroatoms. The van der Waals surface area contributed by atoms with E-state index in [-0.39, 0.29) is 12.1 Å². The first kappa shape index (κ1) is 9.87. The maximum Gasteiger partial charge on any atom is 0.263 e. The summed E-state index contributed by atoms with van der Waals surface area (Å²) in [6.07, 6.45) is 8.15. The van der Waals surface area contributed by atoms with Gasteiger partial charge in [0, 0.05) is 10.7 Å². The minimum absolute atomic E-state index is 0.174. The molecule has 0 aromatic carbocycles. The molecule has 0 spiro atoms. The molecular formula is C10H6BrN3O. The second-order valence-corrected chi connectivity index (χ2v) is 3.82. The van der Waals surface area contributed by atoms with Gasteiger partial charge in [-0.2, -0.15) is 0 Å². The van der Waals surface area contributed by atoms with E-state index in [1.165, 1.54) is 10.9 Å². The molecule has 2 rings (SSSR count). The lowest BCUT2D eigenvalue weighted by molar-refractivity contribution is 0.781. The van der Waals surface area contributed by atoms with E-state index in [9.17, 15) is 4.79 Å². The molecule has 0 fully saturated rings. The Morgan fingerprint density at radius 3 is 3.07 bits per heavy atom. The smallest absolute Gasteiger partial charge is 0.263 e. The van der Waals surface area contributed by atoms with Gasteiger partial charge in [0.15, 0.2) is 5.65 Å². The molecule has 2 heterocycles. The predicted octanol–water partition coefficient (Wildman–Crippen LogP) is 1.19. The summed E-state index contributed by atoms with van der Waals surface area (Å²) in [4.78, 5) is 19.9. The highest BCUT2D eigenvalue weighted by Gasteiger charge is 2.04. The van der Waals surface area contributed by atoms with E-state index in [4.69, 9.17) is 6.42 Å². The summed E-state index contributed by atoms with van der Waals surface area (Å²) in [6, 6.07) is 1.69. The molecular weight excluding hydrogens is 258 g/mol. The van der Waals surface area contributed by atoms with E-state index in [0.717, 1.165) is 4.47 Å². The fourth-order valence-electron chi connectivity index (χ4n) is 1.23. The minimum atomic E-state index is -0.174. The molecule has 0 saturated heterocycles. The largest absolute Gasteiger partial charge is 0.287 e. The Morgan fingerprint density at radius 1 is 1.53 bits per heavy atom. The van der Waals surface area contributed by atoms with Crippen LogP contribution in [0.2, 0.25) is 0 Å². The van der Waals surface area contributed by atoms with Crippen LogP contribution in [0.5, 0.6) is 0 Å². The molecule has 0 aliphatic heterocycles. The lowest BCUT2D eigenvalue weighted by Crippen LogP contribution is -2.20. The van der Waals surface area contributed by atoms with Crippen molar-refractivity contribution in [3.63, 3.8) is 0 Å². The van der Waals surface area contributed by atoms with Gasteiger partial charge in [0.05, 0.1) is 11.9 Å². The summed E-state index contributed by atoms with van der Waals surface area (Å²) < 4.78 is 2.11. The zero-order valence-corrected chi connectivity index (χ0v) is 9.23. The third kappa shape index (κ3) is 1.76. The molecule has 0 bridgehead atoms. The van der Waals surface area contributed by atoms with Crippen molar-refractivity contribution in [2.24, 2.45) is 0 Å². The molecule has 0 radical (unpaired) electrons. The second-order valence-electron chi connectivity index (χ2n) is 2.91. The maximum atomic E-state index is 11.8. The third-order valence-corrected chi connectivity index (χ3v) is 2.34. The third-order valence-electron chi connectivity index (χ3n) is 1.91. The normalized spacial score (nSPS) is 10.1. The first-order chi connectivity index (χ1) is 7.22.